The van der Waals surface area contributed by atoms with Crippen LogP contribution in [0.5, 0.6) is 0 Å². The molecular weight excluding hydrogens is 362 g/mol. The second kappa shape index (κ2) is 7.64. The minimum absolute atomic E-state index is 0.0374. The Bertz CT molecular complexity index is 919. The maximum Gasteiger partial charge on any atom is 0.266 e. The molecule has 1 saturated heterocycles. The zero-order valence-electron chi connectivity index (χ0n) is 15.5. The molecule has 27 heavy (non-hydrogen) atoms. The van der Waals surface area contributed by atoms with Crippen LogP contribution in [-0.2, 0) is 10.0 Å². The normalized spacial score (nSPS) is 23.9. The number of rotatable bonds is 5. The summed E-state index contributed by atoms with van der Waals surface area (Å²) in [7, 11) is -3.67. The van der Waals surface area contributed by atoms with Crippen LogP contribution in [0.3, 0.4) is 0 Å². The van der Waals surface area contributed by atoms with Gasteiger partial charge in [-0.05, 0) is 44.2 Å². The molecule has 1 aliphatic carbocycles. The molecule has 7 heteroatoms. The first-order valence-corrected chi connectivity index (χ1v) is 11.5. The number of likely N-dealkylation sites (tertiary alicyclic amines) is 1. The Morgan fingerprint density at radius 1 is 1.15 bits per heavy atom. The first kappa shape index (κ1) is 18.5. The number of nitrogens with zero attached hydrogens (tertiary/aromatic N) is 1. The van der Waals surface area contributed by atoms with E-state index in [4.69, 9.17) is 0 Å². The minimum Gasteiger partial charge on any atom is -0.360 e. The van der Waals surface area contributed by atoms with E-state index in [-0.39, 0.29) is 5.75 Å². The third-order valence-corrected chi connectivity index (χ3v) is 7.30. The van der Waals surface area contributed by atoms with E-state index in [1.807, 2.05) is 24.3 Å². The Morgan fingerprint density at radius 3 is 2.81 bits per heavy atom. The number of carbonyl (C=O) groups excluding carboxylic acids is 1. The van der Waals surface area contributed by atoms with Gasteiger partial charge in [0.1, 0.15) is 0 Å². The van der Waals surface area contributed by atoms with Crippen LogP contribution < -0.4 is 4.72 Å². The number of nitrogens with one attached hydrogen (secondary N) is 2. The van der Waals surface area contributed by atoms with Gasteiger partial charge in [0.05, 0.1) is 11.3 Å². The van der Waals surface area contributed by atoms with E-state index in [1.165, 1.54) is 32.1 Å². The summed E-state index contributed by atoms with van der Waals surface area (Å²) in [6.07, 6.45) is 8.95. The van der Waals surface area contributed by atoms with Crippen molar-refractivity contribution in [2.24, 2.45) is 5.92 Å². The summed E-state index contributed by atoms with van der Waals surface area (Å²) < 4.78 is 27.3. The molecular formula is C20H27N3O3S. The quantitative estimate of drug-likeness (QED) is 0.824. The predicted octanol–water partition coefficient (Wildman–Crippen LogP) is 2.88. The number of hydrogen-bond donors (Lipinski definition) is 2. The lowest BCUT2D eigenvalue weighted by molar-refractivity contribution is 0.0662. The number of H-pyrrole nitrogens is 1. The Hall–Kier alpha value is -1.86. The Kier molecular flexibility index (Phi) is 5.23. The number of benzene rings is 1. The van der Waals surface area contributed by atoms with Crippen LogP contribution in [0.15, 0.2) is 30.5 Å². The highest BCUT2D eigenvalue weighted by Gasteiger charge is 2.33. The second-order valence-electron chi connectivity index (χ2n) is 7.79. The van der Waals surface area contributed by atoms with Crippen LogP contribution in [0.2, 0.25) is 0 Å². The zero-order valence-corrected chi connectivity index (χ0v) is 16.3. The van der Waals surface area contributed by atoms with E-state index in [1.54, 1.807) is 6.20 Å². The monoisotopic (exact) mass is 389 g/mol. The molecule has 0 radical (unpaired) electrons. The Labute approximate surface area is 160 Å². The molecule has 6 nitrogen and oxygen atoms in total. The van der Waals surface area contributed by atoms with Crippen molar-refractivity contribution in [1.82, 2.24) is 14.6 Å². The molecule has 2 fully saturated rings. The highest BCUT2D eigenvalue weighted by Crippen LogP contribution is 2.35. The molecule has 1 aliphatic heterocycles. The van der Waals surface area contributed by atoms with Crippen LogP contribution in [0, 0.1) is 5.92 Å². The fourth-order valence-electron chi connectivity index (χ4n) is 4.75. The topological polar surface area (TPSA) is 82.3 Å². The van der Waals surface area contributed by atoms with E-state index in [0.29, 0.717) is 18.2 Å². The fraction of sp³-hybridized carbons (Fsp3) is 0.550. The summed E-state index contributed by atoms with van der Waals surface area (Å²) in [5.41, 5.74) is 1.18. The maximum absolute atomic E-state index is 12.5. The molecule has 2 heterocycles. The lowest BCUT2D eigenvalue weighted by atomic mass is 9.78. The average molecular weight is 390 g/mol. The van der Waals surface area contributed by atoms with Gasteiger partial charge in [-0.2, -0.15) is 0 Å². The number of para-hydroxylation sites is 1. The number of hydrogen-bond acceptors (Lipinski definition) is 4. The summed E-state index contributed by atoms with van der Waals surface area (Å²) in [6, 6.07) is 7.89. The van der Waals surface area contributed by atoms with Gasteiger partial charge in [-0.3, -0.25) is 9.69 Å². The second-order valence-corrected chi connectivity index (χ2v) is 9.63. The number of aromatic nitrogens is 1. The molecule has 0 bridgehead atoms. The van der Waals surface area contributed by atoms with Gasteiger partial charge >= 0.3 is 0 Å². The molecule has 1 amide bonds. The van der Waals surface area contributed by atoms with E-state index < -0.39 is 15.9 Å². The summed E-state index contributed by atoms with van der Waals surface area (Å²) >= 11 is 0. The summed E-state index contributed by atoms with van der Waals surface area (Å²) in [5.74, 6) is 0.113. The number of aromatic amines is 1. The molecule has 2 unspecified atom stereocenters. The molecule has 0 spiro atoms. The van der Waals surface area contributed by atoms with Crippen molar-refractivity contribution in [3.63, 3.8) is 0 Å². The Balaban J connectivity index is 1.39. The van der Waals surface area contributed by atoms with Gasteiger partial charge < -0.3 is 4.98 Å². The number of sulfonamides is 1. The minimum atomic E-state index is -3.67. The van der Waals surface area contributed by atoms with E-state index in [0.717, 1.165) is 29.8 Å². The van der Waals surface area contributed by atoms with Gasteiger partial charge in [0.25, 0.3) is 5.91 Å². The number of piperidine rings is 1. The maximum atomic E-state index is 12.5. The van der Waals surface area contributed by atoms with Crippen LogP contribution >= 0.6 is 0 Å². The largest absolute Gasteiger partial charge is 0.360 e. The van der Waals surface area contributed by atoms with Crippen molar-refractivity contribution in [2.45, 2.75) is 44.6 Å². The van der Waals surface area contributed by atoms with Crippen LogP contribution in [-0.4, -0.2) is 49.1 Å². The van der Waals surface area contributed by atoms with Crippen LogP contribution in [0.4, 0.5) is 0 Å². The van der Waals surface area contributed by atoms with E-state index in [9.17, 15) is 13.2 Å². The van der Waals surface area contributed by atoms with Crippen molar-refractivity contribution in [3.8, 4) is 0 Å². The number of amides is 1. The van der Waals surface area contributed by atoms with E-state index in [2.05, 4.69) is 14.6 Å². The van der Waals surface area contributed by atoms with Gasteiger partial charge in [-0.15, -0.1) is 0 Å². The summed E-state index contributed by atoms with van der Waals surface area (Å²) in [6.45, 7) is 1.46. The SMILES string of the molecule is O=C(NS(=O)(=O)CCN1CCCC2CCCCC21)c1c[nH]c2ccccc12. The molecule has 146 valence electrons. The molecule has 2 N–H and O–H groups in total. The third-order valence-electron chi connectivity index (χ3n) is 6.09. The lowest BCUT2D eigenvalue weighted by Gasteiger charge is -2.44. The van der Waals surface area contributed by atoms with Crippen molar-refractivity contribution in [3.05, 3.63) is 36.0 Å². The first-order valence-electron chi connectivity index (χ1n) is 9.88. The van der Waals surface area contributed by atoms with Crippen molar-refractivity contribution < 1.29 is 13.2 Å². The molecule has 2 aromatic rings. The van der Waals surface area contributed by atoms with Gasteiger partial charge in [0.2, 0.25) is 10.0 Å². The highest BCUT2D eigenvalue weighted by molar-refractivity contribution is 7.90. The van der Waals surface area contributed by atoms with Gasteiger partial charge in [-0.25, -0.2) is 13.1 Å². The molecule has 1 aromatic heterocycles. The predicted molar refractivity (Wildman–Crippen MR) is 106 cm³/mol. The first-order chi connectivity index (χ1) is 13.0. The molecule has 2 atom stereocenters. The number of fused-ring (bicyclic) bond motifs is 2. The fourth-order valence-corrected chi connectivity index (χ4v) is 5.72. The standard InChI is InChI=1S/C20H27N3O3S/c24-20(17-14-21-18-9-3-2-8-16(17)18)22-27(25,26)13-12-23-11-5-7-15-6-1-4-10-19(15)23/h2-3,8-9,14-15,19,21H,1,4-7,10-13H2,(H,22,24). The van der Waals surface area contributed by atoms with Gasteiger partial charge in [0.15, 0.2) is 0 Å². The number of carbonyl (C=O) groups is 1. The summed E-state index contributed by atoms with van der Waals surface area (Å²) in [4.78, 5) is 17.8. The molecule has 1 saturated carbocycles. The average Bonchev–Trinajstić information content (AvgIpc) is 3.10. The van der Waals surface area contributed by atoms with Gasteiger partial charge in [-0.1, -0.05) is 31.0 Å². The highest BCUT2D eigenvalue weighted by atomic mass is 32.2. The lowest BCUT2D eigenvalue weighted by Crippen LogP contribution is -2.49. The summed E-state index contributed by atoms with van der Waals surface area (Å²) in [5, 5.41) is 0.728. The van der Waals surface area contributed by atoms with Crippen LogP contribution in [0.1, 0.15) is 48.9 Å². The molecule has 4 rings (SSSR count). The smallest absolute Gasteiger partial charge is 0.266 e. The third kappa shape index (κ3) is 4.04. The van der Waals surface area contributed by atoms with Crippen molar-refractivity contribution >= 4 is 26.8 Å². The molecule has 1 aromatic carbocycles. The zero-order chi connectivity index (χ0) is 18.9. The van der Waals surface area contributed by atoms with Crippen LogP contribution in [0.25, 0.3) is 10.9 Å². The van der Waals surface area contributed by atoms with Gasteiger partial charge in [0, 0.05) is 29.7 Å². The van der Waals surface area contributed by atoms with Crippen molar-refractivity contribution in [1.29, 1.82) is 0 Å². The Morgan fingerprint density at radius 2 is 1.93 bits per heavy atom. The van der Waals surface area contributed by atoms with Crippen molar-refractivity contribution in [2.75, 3.05) is 18.8 Å². The molecule has 2 aliphatic rings. The van der Waals surface area contributed by atoms with E-state index >= 15 is 0 Å².